The van der Waals surface area contributed by atoms with Crippen molar-refractivity contribution in [3.05, 3.63) is 96.1 Å². The number of carbonyl (C=O) groups is 1. The molecule has 1 N–H and O–H groups in total. The maximum absolute atomic E-state index is 13.2. The number of amides is 1. The van der Waals surface area contributed by atoms with Crippen LogP contribution in [0.25, 0.3) is 11.3 Å². The van der Waals surface area contributed by atoms with Gasteiger partial charge in [-0.05, 0) is 37.3 Å². The van der Waals surface area contributed by atoms with Crippen molar-refractivity contribution < 1.29 is 19.0 Å². The molecule has 0 atom stereocenters. The van der Waals surface area contributed by atoms with E-state index in [4.69, 9.17) is 55.7 Å². The SMILES string of the molecule is Cc1onc(-c2c(Cl)cccc2Cl)c1C(=O)Nc1cc(Oc2ccc(Cl)cc2Cl)cc([N+](=O)[O-])c1. The summed E-state index contributed by atoms with van der Waals surface area (Å²) in [6, 6.07) is 13.2. The molecule has 0 fully saturated rings. The summed E-state index contributed by atoms with van der Waals surface area (Å²) in [4.78, 5) is 24.1. The highest BCUT2D eigenvalue weighted by molar-refractivity contribution is 6.39. The van der Waals surface area contributed by atoms with Gasteiger partial charge in [-0.25, -0.2) is 0 Å². The van der Waals surface area contributed by atoms with Crippen molar-refractivity contribution in [3.63, 3.8) is 0 Å². The number of non-ortho nitro benzene ring substituents is 1. The highest BCUT2D eigenvalue weighted by Gasteiger charge is 2.25. The Bertz CT molecular complexity index is 1450. The van der Waals surface area contributed by atoms with Crippen LogP contribution in [0.3, 0.4) is 0 Å². The van der Waals surface area contributed by atoms with Crippen LogP contribution in [-0.4, -0.2) is 16.0 Å². The first-order chi connectivity index (χ1) is 16.6. The van der Waals surface area contributed by atoms with Crippen LogP contribution in [0.4, 0.5) is 11.4 Å². The summed E-state index contributed by atoms with van der Waals surface area (Å²) in [7, 11) is 0. The van der Waals surface area contributed by atoms with Crippen LogP contribution in [0.5, 0.6) is 11.5 Å². The molecule has 0 radical (unpaired) electrons. The number of ether oxygens (including phenoxy) is 1. The van der Waals surface area contributed by atoms with Gasteiger partial charge in [0.15, 0.2) is 0 Å². The standard InChI is InChI=1S/C23H13Cl4N3O5/c1-11-20(22(29-35-11)21-16(25)3-2-4-17(21)26)23(31)28-13-8-14(30(32)33)10-15(9-13)34-19-6-5-12(24)7-18(19)27/h2-10H,1H3,(H,28,31). The quantitative estimate of drug-likeness (QED) is 0.191. The summed E-state index contributed by atoms with van der Waals surface area (Å²) in [5, 5.41) is 19.2. The van der Waals surface area contributed by atoms with Gasteiger partial charge in [-0.15, -0.1) is 0 Å². The maximum Gasteiger partial charge on any atom is 0.275 e. The normalized spacial score (nSPS) is 10.8. The molecule has 3 aromatic carbocycles. The third-order valence-electron chi connectivity index (χ3n) is 4.77. The predicted molar refractivity (Wildman–Crippen MR) is 134 cm³/mol. The Morgan fingerprint density at radius 1 is 1.03 bits per heavy atom. The average Bonchev–Trinajstić information content (AvgIpc) is 3.16. The Kier molecular flexibility index (Phi) is 7.18. The van der Waals surface area contributed by atoms with Crippen LogP contribution in [0.1, 0.15) is 16.1 Å². The minimum absolute atomic E-state index is 0.0646. The van der Waals surface area contributed by atoms with Crippen molar-refractivity contribution in [3.8, 4) is 22.8 Å². The summed E-state index contributed by atoms with van der Waals surface area (Å²) < 4.78 is 10.9. The molecule has 4 rings (SSSR count). The van der Waals surface area contributed by atoms with Crippen molar-refractivity contribution in [2.24, 2.45) is 0 Å². The number of nitrogens with one attached hydrogen (secondary N) is 1. The smallest absolute Gasteiger partial charge is 0.275 e. The van der Waals surface area contributed by atoms with E-state index in [9.17, 15) is 14.9 Å². The van der Waals surface area contributed by atoms with E-state index >= 15 is 0 Å². The first-order valence-corrected chi connectivity index (χ1v) is 11.3. The number of nitro benzene ring substituents is 1. The van der Waals surface area contributed by atoms with Crippen molar-refractivity contribution >= 4 is 63.7 Å². The average molecular weight is 553 g/mol. The zero-order chi connectivity index (χ0) is 25.3. The minimum Gasteiger partial charge on any atom is -0.455 e. The van der Waals surface area contributed by atoms with Crippen molar-refractivity contribution in [1.82, 2.24) is 5.16 Å². The minimum atomic E-state index is -0.647. The third kappa shape index (κ3) is 5.36. The van der Waals surface area contributed by atoms with Gasteiger partial charge in [-0.2, -0.15) is 0 Å². The number of halogens is 4. The lowest BCUT2D eigenvalue weighted by Crippen LogP contribution is -2.14. The first kappa shape index (κ1) is 24.8. The molecule has 12 heteroatoms. The van der Waals surface area contributed by atoms with Crippen LogP contribution >= 0.6 is 46.4 Å². The largest absolute Gasteiger partial charge is 0.455 e. The topological polar surface area (TPSA) is 108 Å². The Balaban J connectivity index is 1.70. The number of hydrogen-bond acceptors (Lipinski definition) is 6. The van der Waals surface area contributed by atoms with Crippen LogP contribution in [0.2, 0.25) is 20.1 Å². The predicted octanol–water partition coefficient (Wildman–Crippen LogP) is 8.22. The Labute approximate surface area is 218 Å². The van der Waals surface area contributed by atoms with E-state index in [2.05, 4.69) is 10.5 Å². The molecule has 0 aliphatic rings. The van der Waals surface area contributed by atoms with Gasteiger partial charge in [0.1, 0.15) is 28.5 Å². The van der Waals surface area contributed by atoms with Gasteiger partial charge >= 0.3 is 0 Å². The second-order valence-corrected chi connectivity index (χ2v) is 8.82. The van der Waals surface area contributed by atoms with E-state index in [0.717, 1.165) is 0 Å². The molecule has 35 heavy (non-hydrogen) atoms. The summed E-state index contributed by atoms with van der Waals surface area (Å²) in [6.45, 7) is 1.54. The zero-order valence-electron chi connectivity index (χ0n) is 17.6. The number of aromatic nitrogens is 1. The molecule has 0 bridgehead atoms. The highest BCUT2D eigenvalue weighted by atomic mass is 35.5. The molecule has 0 aliphatic carbocycles. The van der Waals surface area contributed by atoms with E-state index in [1.54, 1.807) is 31.2 Å². The van der Waals surface area contributed by atoms with Crippen LogP contribution in [0.15, 0.2) is 59.1 Å². The number of hydrogen-bond donors (Lipinski definition) is 1. The van der Waals surface area contributed by atoms with Gasteiger partial charge in [0.2, 0.25) is 0 Å². The lowest BCUT2D eigenvalue weighted by Gasteiger charge is -2.11. The lowest BCUT2D eigenvalue weighted by molar-refractivity contribution is -0.384. The third-order valence-corrected chi connectivity index (χ3v) is 5.93. The molecule has 8 nitrogen and oxygen atoms in total. The molecule has 4 aromatic rings. The molecule has 1 heterocycles. The monoisotopic (exact) mass is 551 g/mol. The number of benzene rings is 3. The number of carbonyl (C=O) groups excluding carboxylic acids is 1. The Hall–Kier alpha value is -3.30. The number of rotatable bonds is 6. The molecule has 0 aliphatic heterocycles. The van der Waals surface area contributed by atoms with Crippen LogP contribution in [0, 0.1) is 17.0 Å². The summed E-state index contributed by atoms with van der Waals surface area (Å²) in [5.74, 6) is -0.163. The summed E-state index contributed by atoms with van der Waals surface area (Å²) in [6.07, 6.45) is 0. The van der Waals surface area contributed by atoms with Gasteiger partial charge in [0, 0.05) is 22.7 Å². The van der Waals surface area contributed by atoms with Gasteiger partial charge in [0.25, 0.3) is 11.6 Å². The highest BCUT2D eigenvalue weighted by Crippen LogP contribution is 2.38. The van der Waals surface area contributed by atoms with Crippen molar-refractivity contribution in [2.75, 3.05) is 5.32 Å². The maximum atomic E-state index is 13.2. The molecule has 0 spiro atoms. The molecule has 0 saturated heterocycles. The number of nitrogens with zero attached hydrogens (tertiary/aromatic N) is 2. The van der Waals surface area contributed by atoms with Gasteiger partial charge in [0.05, 0.1) is 31.7 Å². The van der Waals surface area contributed by atoms with Crippen LogP contribution < -0.4 is 10.1 Å². The van der Waals surface area contributed by atoms with Crippen LogP contribution in [-0.2, 0) is 0 Å². The number of nitro groups is 1. The van der Waals surface area contributed by atoms with E-state index in [-0.39, 0.29) is 55.0 Å². The fourth-order valence-electron chi connectivity index (χ4n) is 3.23. The Morgan fingerprint density at radius 2 is 1.74 bits per heavy atom. The second-order valence-electron chi connectivity index (χ2n) is 7.16. The summed E-state index contributed by atoms with van der Waals surface area (Å²) >= 11 is 24.6. The van der Waals surface area contributed by atoms with E-state index in [1.165, 1.54) is 30.3 Å². The molecular weight excluding hydrogens is 540 g/mol. The fourth-order valence-corrected chi connectivity index (χ4v) is 4.26. The van der Waals surface area contributed by atoms with Crippen molar-refractivity contribution in [2.45, 2.75) is 6.92 Å². The Morgan fingerprint density at radius 3 is 2.40 bits per heavy atom. The van der Waals surface area contributed by atoms with Crippen molar-refractivity contribution in [1.29, 1.82) is 0 Å². The van der Waals surface area contributed by atoms with Gasteiger partial charge < -0.3 is 14.6 Å². The lowest BCUT2D eigenvalue weighted by atomic mass is 10.1. The number of anilines is 1. The molecular formula is C23H13Cl4N3O5. The molecule has 1 amide bonds. The van der Waals surface area contributed by atoms with Gasteiger partial charge in [-0.3, -0.25) is 14.9 Å². The first-order valence-electron chi connectivity index (χ1n) is 9.78. The molecule has 0 saturated carbocycles. The molecule has 178 valence electrons. The second kappa shape index (κ2) is 10.1. The zero-order valence-corrected chi connectivity index (χ0v) is 20.7. The summed E-state index contributed by atoms with van der Waals surface area (Å²) in [5.41, 5.74) is 0.277. The fraction of sp³-hybridized carbons (Fsp3) is 0.0435. The van der Waals surface area contributed by atoms with E-state index in [1.807, 2.05) is 0 Å². The number of aryl methyl sites for hydroxylation is 1. The van der Waals surface area contributed by atoms with Gasteiger partial charge in [-0.1, -0.05) is 57.6 Å². The van der Waals surface area contributed by atoms with E-state index < -0.39 is 10.8 Å². The molecule has 1 aromatic heterocycles. The van der Waals surface area contributed by atoms with E-state index in [0.29, 0.717) is 10.6 Å². The molecule has 0 unspecified atom stereocenters.